The average molecular weight is 289 g/mol. The van der Waals surface area contributed by atoms with E-state index in [-0.39, 0.29) is 5.82 Å². The molecule has 1 aliphatic heterocycles. The van der Waals surface area contributed by atoms with Gasteiger partial charge >= 0.3 is 5.69 Å². The van der Waals surface area contributed by atoms with Crippen LogP contribution in [0.1, 0.15) is 18.7 Å². The summed E-state index contributed by atoms with van der Waals surface area (Å²) in [7, 11) is 0. The van der Waals surface area contributed by atoms with Crippen LogP contribution in [-0.4, -0.2) is 49.5 Å². The lowest BCUT2D eigenvalue weighted by Gasteiger charge is -2.23. The Labute approximate surface area is 113 Å². The predicted octanol–water partition coefficient (Wildman–Crippen LogP) is -1.70. The number of hydrogen-bond acceptors (Lipinski definition) is 7. The maximum atomic E-state index is 14.2. The van der Waals surface area contributed by atoms with Gasteiger partial charge < -0.3 is 25.8 Å². The number of nitrogens with two attached hydrogens (primary N) is 1. The second kappa shape index (κ2) is 5.09. The number of aliphatic hydroxyl groups excluding tert-OH is 2. The van der Waals surface area contributed by atoms with Crippen molar-refractivity contribution in [3.8, 4) is 0 Å². The molecule has 0 unspecified atom stereocenters. The molecule has 1 aliphatic rings. The molecule has 0 radical (unpaired) electrons. The van der Waals surface area contributed by atoms with Gasteiger partial charge in [-0.25, -0.2) is 9.18 Å². The average Bonchev–Trinajstić information content (AvgIpc) is 2.62. The summed E-state index contributed by atoms with van der Waals surface area (Å²) in [6.07, 6.45) is -3.48. The van der Waals surface area contributed by atoms with Gasteiger partial charge in [0, 0.05) is 11.8 Å². The van der Waals surface area contributed by atoms with E-state index in [9.17, 15) is 19.4 Å². The molecule has 20 heavy (non-hydrogen) atoms. The molecule has 0 aromatic carbocycles. The topological polar surface area (TPSA) is 131 Å². The minimum atomic E-state index is -3.22. The van der Waals surface area contributed by atoms with Gasteiger partial charge in [-0.1, -0.05) is 6.92 Å². The smallest absolute Gasteiger partial charge is 0.351 e. The summed E-state index contributed by atoms with van der Waals surface area (Å²) in [5.41, 5.74) is 5.08. The number of rotatable bonds is 3. The number of nitrogen functional groups attached to an aromatic ring is 1. The zero-order valence-corrected chi connectivity index (χ0v) is 10.7. The first-order valence-electron chi connectivity index (χ1n) is 6.06. The number of halogens is 1. The monoisotopic (exact) mass is 289 g/mol. The molecular weight excluding hydrogens is 273 g/mol. The summed E-state index contributed by atoms with van der Waals surface area (Å²) in [6.45, 7) is 1.05. The van der Waals surface area contributed by atoms with Crippen LogP contribution in [0.3, 0.4) is 0 Å². The maximum Gasteiger partial charge on any atom is 0.351 e. The molecule has 2 rings (SSSR count). The number of hydrogen-bond donors (Lipinski definition) is 4. The Balaban J connectivity index is 2.49. The lowest BCUT2D eigenvalue weighted by Crippen LogP contribution is -2.45. The fourth-order valence-corrected chi connectivity index (χ4v) is 2.11. The first-order chi connectivity index (χ1) is 9.32. The zero-order valence-electron chi connectivity index (χ0n) is 10.7. The molecule has 4 atom stereocenters. The molecule has 0 spiro atoms. The van der Waals surface area contributed by atoms with Crippen molar-refractivity contribution in [1.29, 1.82) is 0 Å². The van der Waals surface area contributed by atoms with E-state index in [1.165, 1.54) is 6.20 Å². The molecule has 5 N–H and O–H groups in total. The van der Waals surface area contributed by atoms with Crippen molar-refractivity contribution in [3.63, 3.8) is 0 Å². The van der Waals surface area contributed by atoms with Crippen LogP contribution in [-0.2, 0) is 11.2 Å². The summed E-state index contributed by atoms with van der Waals surface area (Å²) in [6, 6.07) is 0. The molecule has 0 bridgehead atoms. The second-order valence-electron chi connectivity index (χ2n) is 4.58. The minimum absolute atomic E-state index is 0.00778. The summed E-state index contributed by atoms with van der Waals surface area (Å²) in [4.78, 5) is 15.3. The molecular formula is C11H16FN3O5. The molecule has 0 amide bonds. The molecule has 1 aromatic heterocycles. The number of alkyl halides is 1. The van der Waals surface area contributed by atoms with Crippen LogP contribution in [0.2, 0.25) is 0 Å². The van der Waals surface area contributed by atoms with E-state index in [0.717, 1.165) is 0 Å². The van der Waals surface area contributed by atoms with Crippen molar-refractivity contribution < 1.29 is 24.4 Å². The highest BCUT2D eigenvalue weighted by atomic mass is 19.2. The van der Waals surface area contributed by atoms with Crippen LogP contribution in [0.4, 0.5) is 10.2 Å². The molecule has 0 aliphatic carbocycles. The van der Waals surface area contributed by atoms with Crippen LogP contribution in [0.15, 0.2) is 11.0 Å². The van der Waals surface area contributed by atoms with Crippen LogP contribution < -0.4 is 11.4 Å². The van der Waals surface area contributed by atoms with Crippen LogP contribution >= 0.6 is 0 Å². The second-order valence-corrected chi connectivity index (χ2v) is 4.58. The van der Waals surface area contributed by atoms with Crippen LogP contribution in [0.5, 0.6) is 0 Å². The highest BCUT2D eigenvalue weighted by molar-refractivity contribution is 5.36. The summed E-state index contributed by atoms with van der Waals surface area (Å²) < 4.78 is 19.9. The first kappa shape index (κ1) is 14.9. The lowest BCUT2D eigenvalue weighted by atomic mass is 10.1. The molecule has 2 heterocycles. The fourth-order valence-electron chi connectivity index (χ4n) is 2.11. The molecule has 0 saturated carbocycles. The highest BCUT2D eigenvalue weighted by Crippen LogP contribution is 2.38. The number of aryl methyl sites for hydroxylation is 1. The third kappa shape index (κ3) is 2.18. The first-order valence-corrected chi connectivity index (χ1v) is 6.06. The van der Waals surface area contributed by atoms with Gasteiger partial charge in [0.05, 0.1) is 6.61 Å². The van der Waals surface area contributed by atoms with Gasteiger partial charge in [0.1, 0.15) is 18.0 Å². The van der Waals surface area contributed by atoms with E-state index in [1.807, 2.05) is 0 Å². The third-order valence-electron chi connectivity index (χ3n) is 3.29. The number of nitrogens with zero attached hydrogens (tertiary/aromatic N) is 2. The van der Waals surface area contributed by atoms with E-state index in [0.29, 0.717) is 16.6 Å². The van der Waals surface area contributed by atoms with Crippen LogP contribution in [0.25, 0.3) is 0 Å². The van der Waals surface area contributed by atoms with E-state index >= 15 is 0 Å². The SMILES string of the molecule is CCc1cn([C@@H]2O[C@H](CO)[C@H](O)[C@]2(O)F)c(=O)nc1N. The Bertz CT molecular complexity index is 561. The number of anilines is 1. The quantitative estimate of drug-likeness (QED) is 0.521. The lowest BCUT2D eigenvalue weighted by molar-refractivity contribution is -0.197. The van der Waals surface area contributed by atoms with Gasteiger partial charge in [-0.3, -0.25) is 4.57 Å². The van der Waals surface area contributed by atoms with Gasteiger partial charge in [0.15, 0.2) is 6.23 Å². The number of ether oxygens (including phenoxy) is 1. The Morgan fingerprint density at radius 3 is 2.80 bits per heavy atom. The van der Waals surface area contributed by atoms with Gasteiger partial charge in [-0.2, -0.15) is 4.98 Å². The fraction of sp³-hybridized carbons (Fsp3) is 0.636. The van der Waals surface area contributed by atoms with Gasteiger partial charge in [-0.05, 0) is 6.42 Å². The Morgan fingerprint density at radius 2 is 2.30 bits per heavy atom. The standard InChI is InChI=1S/C11H16FN3O5/c1-2-5-3-15(10(18)14-8(5)13)9-11(12,19)7(17)6(4-16)20-9/h3,6-7,9,16-17,19H,2,4H2,1H3,(H2,13,14,18)/t6-,7+,9-,11-/m1/s1. The summed E-state index contributed by atoms with van der Waals surface area (Å²) in [5, 5.41) is 28.2. The maximum absolute atomic E-state index is 14.2. The predicted molar refractivity (Wildman–Crippen MR) is 65.3 cm³/mol. The van der Waals surface area contributed by atoms with E-state index < -0.39 is 36.6 Å². The van der Waals surface area contributed by atoms with Crippen molar-refractivity contribution in [2.24, 2.45) is 0 Å². The van der Waals surface area contributed by atoms with E-state index in [2.05, 4.69) is 4.98 Å². The van der Waals surface area contributed by atoms with Crippen molar-refractivity contribution in [1.82, 2.24) is 9.55 Å². The van der Waals surface area contributed by atoms with Crippen molar-refractivity contribution in [3.05, 3.63) is 22.2 Å². The molecule has 1 fully saturated rings. The largest absolute Gasteiger partial charge is 0.394 e. The van der Waals surface area contributed by atoms with Gasteiger partial charge in [0.2, 0.25) is 0 Å². The van der Waals surface area contributed by atoms with E-state index in [1.54, 1.807) is 6.92 Å². The van der Waals surface area contributed by atoms with E-state index in [4.69, 9.17) is 15.6 Å². The van der Waals surface area contributed by atoms with Crippen molar-refractivity contribution >= 4 is 5.82 Å². The minimum Gasteiger partial charge on any atom is -0.394 e. The highest BCUT2D eigenvalue weighted by Gasteiger charge is 2.57. The zero-order chi connectivity index (χ0) is 15.1. The number of aliphatic hydroxyl groups is 3. The van der Waals surface area contributed by atoms with Gasteiger partial charge in [-0.15, -0.1) is 0 Å². The Morgan fingerprint density at radius 1 is 1.65 bits per heavy atom. The van der Waals surface area contributed by atoms with Crippen LogP contribution in [0, 0.1) is 0 Å². The normalized spacial score (nSPS) is 33.5. The van der Waals surface area contributed by atoms with Crippen molar-refractivity contribution in [2.75, 3.05) is 12.3 Å². The molecule has 1 saturated heterocycles. The molecule has 112 valence electrons. The molecule has 8 nitrogen and oxygen atoms in total. The Kier molecular flexibility index (Phi) is 3.78. The number of aromatic nitrogens is 2. The third-order valence-corrected chi connectivity index (χ3v) is 3.29. The summed E-state index contributed by atoms with van der Waals surface area (Å²) in [5.74, 6) is -3.21. The molecule has 1 aromatic rings. The van der Waals surface area contributed by atoms with Crippen molar-refractivity contribution in [2.45, 2.75) is 37.6 Å². The van der Waals surface area contributed by atoms with Gasteiger partial charge in [0.25, 0.3) is 5.85 Å². The summed E-state index contributed by atoms with van der Waals surface area (Å²) >= 11 is 0. The Hall–Kier alpha value is -1.55. The molecule has 9 heteroatoms.